The Morgan fingerprint density at radius 3 is 2.90 bits per heavy atom. The van der Waals surface area contributed by atoms with Gasteiger partial charge in [0, 0.05) is 6.42 Å². The lowest BCUT2D eigenvalue weighted by atomic mass is 9.91. The van der Waals surface area contributed by atoms with Crippen molar-refractivity contribution in [1.29, 1.82) is 0 Å². The van der Waals surface area contributed by atoms with Crippen molar-refractivity contribution in [2.75, 3.05) is 0 Å². The number of aromatic amines is 1. The zero-order valence-electron chi connectivity index (χ0n) is 12.0. The molecule has 2 aromatic rings. The van der Waals surface area contributed by atoms with Crippen molar-refractivity contribution in [3.05, 3.63) is 47.0 Å². The largest absolute Gasteiger partial charge is 0.262 e. The molecular formula is C15H19N3O2S. The van der Waals surface area contributed by atoms with Gasteiger partial charge in [0.05, 0.1) is 5.25 Å². The summed E-state index contributed by atoms with van der Waals surface area (Å²) in [6.07, 6.45) is 3.26. The summed E-state index contributed by atoms with van der Waals surface area (Å²) in [7, 11) is -3.28. The second-order valence-corrected chi connectivity index (χ2v) is 7.62. The van der Waals surface area contributed by atoms with Gasteiger partial charge in [0.1, 0.15) is 17.4 Å². The first-order valence-corrected chi connectivity index (χ1v) is 9.01. The molecule has 0 spiro atoms. The first kappa shape index (κ1) is 14.3. The van der Waals surface area contributed by atoms with Crippen LogP contribution in [0.5, 0.6) is 0 Å². The molecule has 5 nitrogen and oxygen atoms in total. The molecule has 6 heteroatoms. The molecule has 112 valence electrons. The second-order valence-electron chi connectivity index (χ2n) is 5.44. The van der Waals surface area contributed by atoms with Crippen LogP contribution >= 0.6 is 0 Å². The van der Waals surface area contributed by atoms with Gasteiger partial charge in [-0.15, -0.1) is 0 Å². The Morgan fingerprint density at radius 1 is 1.33 bits per heavy atom. The summed E-state index contributed by atoms with van der Waals surface area (Å²) < 4.78 is 25.5. The summed E-state index contributed by atoms with van der Waals surface area (Å²) in [6.45, 7) is 1.94. The highest BCUT2D eigenvalue weighted by molar-refractivity contribution is 7.90. The number of aromatic nitrogens is 3. The Labute approximate surface area is 124 Å². The van der Waals surface area contributed by atoms with Crippen LogP contribution in [0, 0.1) is 0 Å². The zero-order chi connectivity index (χ0) is 14.9. The maximum absolute atomic E-state index is 12.7. The third-order valence-electron chi connectivity index (χ3n) is 3.98. The second kappa shape index (κ2) is 5.60. The van der Waals surface area contributed by atoms with Crippen LogP contribution in [-0.4, -0.2) is 23.6 Å². The monoisotopic (exact) mass is 305 g/mol. The van der Waals surface area contributed by atoms with E-state index >= 15 is 0 Å². The maximum atomic E-state index is 12.7. The predicted octanol–water partition coefficient (Wildman–Crippen LogP) is 2.36. The lowest BCUT2D eigenvalue weighted by Gasteiger charge is -2.25. The molecule has 0 saturated carbocycles. The fourth-order valence-corrected chi connectivity index (χ4v) is 4.79. The molecule has 0 aliphatic heterocycles. The van der Waals surface area contributed by atoms with E-state index in [1.807, 2.05) is 31.2 Å². The number of nitrogens with zero attached hydrogens (tertiary/aromatic N) is 2. The fourth-order valence-electron chi connectivity index (χ4n) is 2.93. The van der Waals surface area contributed by atoms with Crippen LogP contribution in [0.3, 0.4) is 0 Å². The van der Waals surface area contributed by atoms with E-state index in [9.17, 15) is 8.42 Å². The van der Waals surface area contributed by atoms with Gasteiger partial charge in [0.15, 0.2) is 9.84 Å². The van der Waals surface area contributed by atoms with Gasteiger partial charge in [0.2, 0.25) is 0 Å². The van der Waals surface area contributed by atoms with Crippen molar-refractivity contribution in [2.45, 2.75) is 43.6 Å². The summed E-state index contributed by atoms with van der Waals surface area (Å²) in [5.41, 5.74) is 2.11. The quantitative estimate of drug-likeness (QED) is 0.941. The number of fused-ring (bicyclic) bond motifs is 1. The minimum absolute atomic E-state index is 0.0704. The van der Waals surface area contributed by atoms with Gasteiger partial charge in [-0.3, -0.25) is 5.10 Å². The average Bonchev–Trinajstić information content (AvgIpc) is 2.93. The van der Waals surface area contributed by atoms with Crippen molar-refractivity contribution in [3.8, 4) is 0 Å². The molecule has 1 aromatic heterocycles. The van der Waals surface area contributed by atoms with Gasteiger partial charge in [-0.2, -0.15) is 5.10 Å². The molecule has 1 N–H and O–H groups in total. The SMILES string of the molecule is CCc1n[nH]c(CS(=O)(=O)[C@@H]2CCCc3ccccc32)n1. The normalized spacial score (nSPS) is 18.4. The van der Waals surface area contributed by atoms with Crippen LogP contribution in [0.4, 0.5) is 0 Å². The average molecular weight is 305 g/mol. The molecular weight excluding hydrogens is 286 g/mol. The Hall–Kier alpha value is -1.69. The summed E-state index contributed by atoms with van der Waals surface area (Å²) in [4.78, 5) is 4.22. The van der Waals surface area contributed by atoms with Crippen LogP contribution < -0.4 is 0 Å². The van der Waals surface area contributed by atoms with E-state index in [2.05, 4.69) is 15.2 Å². The Balaban J connectivity index is 1.89. The predicted molar refractivity (Wildman–Crippen MR) is 80.5 cm³/mol. The van der Waals surface area contributed by atoms with Gasteiger partial charge in [0.25, 0.3) is 0 Å². The van der Waals surface area contributed by atoms with E-state index in [1.54, 1.807) is 0 Å². The minimum atomic E-state index is -3.28. The number of hydrogen-bond acceptors (Lipinski definition) is 4. The van der Waals surface area contributed by atoms with E-state index in [4.69, 9.17) is 0 Å². The molecule has 0 bridgehead atoms. The number of rotatable bonds is 4. The summed E-state index contributed by atoms with van der Waals surface area (Å²) >= 11 is 0. The van der Waals surface area contributed by atoms with Crippen LogP contribution in [0.15, 0.2) is 24.3 Å². The van der Waals surface area contributed by atoms with Gasteiger partial charge in [-0.1, -0.05) is 31.2 Å². The lowest BCUT2D eigenvalue weighted by Crippen LogP contribution is -2.21. The van der Waals surface area contributed by atoms with E-state index in [0.717, 1.165) is 24.0 Å². The molecule has 0 saturated heterocycles. The molecule has 0 radical (unpaired) electrons. The number of benzene rings is 1. The lowest BCUT2D eigenvalue weighted by molar-refractivity contribution is 0.558. The smallest absolute Gasteiger partial charge is 0.164 e. The Bertz CT molecular complexity index is 737. The Morgan fingerprint density at radius 2 is 2.14 bits per heavy atom. The van der Waals surface area contributed by atoms with Crippen molar-refractivity contribution < 1.29 is 8.42 Å². The van der Waals surface area contributed by atoms with E-state index in [0.29, 0.717) is 24.5 Å². The van der Waals surface area contributed by atoms with E-state index in [-0.39, 0.29) is 5.75 Å². The van der Waals surface area contributed by atoms with Gasteiger partial charge in [-0.05, 0) is 30.4 Å². The highest BCUT2D eigenvalue weighted by atomic mass is 32.2. The third-order valence-corrected chi connectivity index (χ3v) is 6.01. The maximum Gasteiger partial charge on any atom is 0.164 e. The Kier molecular flexibility index (Phi) is 3.80. The first-order chi connectivity index (χ1) is 10.1. The topological polar surface area (TPSA) is 75.7 Å². The van der Waals surface area contributed by atoms with Crippen LogP contribution in [0.2, 0.25) is 0 Å². The molecule has 1 aliphatic carbocycles. The van der Waals surface area contributed by atoms with Crippen molar-refractivity contribution in [2.24, 2.45) is 0 Å². The number of H-pyrrole nitrogens is 1. The van der Waals surface area contributed by atoms with Crippen molar-refractivity contribution >= 4 is 9.84 Å². The first-order valence-electron chi connectivity index (χ1n) is 7.29. The van der Waals surface area contributed by atoms with Crippen molar-refractivity contribution in [1.82, 2.24) is 15.2 Å². The molecule has 1 aliphatic rings. The number of hydrogen-bond donors (Lipinski definition) is 1. The highest BCUT2D eigenvalue weighted by Crippen LogP contribution is 2.36. The van der Waals surface area contributed by atoms with Crippen LogP contribution in [-0.2, 0) is 28.4 Å². The number of aryl methyl sites for hydroxylation is 2. The number of sulfone groups is 1. The van der Waals surface area contributed by atoms with Gasteiger partial charge < -0.3 is 0 Å². The molecule has 1 heterocycles. The summed E-state index contributed by atoms with van der Waals surface area (Å²) in [5.74, 6) is 1.03. The fraction of sp³-hybridized carbons (Fsp3) is 0.467. The van der Waals surface area contributed by atoms with E-state index < -0.39 is 15.1 Å². The van der Waals surface area contributed by atoms with Crippen LogP contribution in [0.25, 0.3) is 0 Å². The molecule has 1 atom stereocenters. The molecule has 0 fully saturated rings. The third kappa shape index (κ3) is 2.85. The standard InChI is InChI=1S/C15H19N3O2S/c1-2-14-16-15(18-17-14)10-21(19,20)13-9-5-7-11-6-3-4-8-12(11)13/h3-4,6,8,13H,2,5,7,9-10H2,1H3,(H,16,17,18)/t13-/m1/s1. The van der Waals surface area contributed by atoms with Crippen molar-refractivity contribution in [3.63, 3.8) is 0 Å². The van der Waals surface area contributed by atoms with Crippen LogP contribution in [0.1, 0.15) is 47.8 Å². The summed E-state index contributed by atoms with van der Waals surface area (Å²) in [5, 5.41) is 6.32. The molecule has 3 rings (SSSR count). The van der Waals surface area contributed by atoms with Gasteiger partial charge in [-0.25, -0.2) is 13.4 Å². The summed E-state index contributed by atoms with van der Waals surface area (Å²) in [6, 6.07) is 7.85. The van der Waals surface area contributed by atoms with Gasteiger partial charge >= 0.3 is 0 Å². The molecule has 1 aromatic carbocycles. The molecule has 0 unspecified atom stereocenters. The minimum Gasteiger partial charge on any atom is -0.262 e. The van der Waals surface area contributed by atoms with E-state index in [1.165, 1.54) is 0 Å². The zero-order valence-corrected chi connectivity index (χ0v) is 12.9. The highest BCUT2D eigenvalue weighted by Gasteiger charge is 2.32. The molecule has 21 heavy (non-hydrogen) atoms. The number of nitrogens with one attached hydrogen (secondary N) is 1. The molecule has 0 amide bonds.